The first-order valence-corrected chi connectivity index (χ1v) is 7.52. The summed E-state index contributed by atoms with van der Waals surface area (Å²) in [6.07, 6.45) is 1.65. The number of hydrazone groups is 1. The zero-order valence-corrected chi connectivity index (χ0v) is 13.3. The molecule has 0 atom stereocenters. The van der Waals surface area contributed by atoms with E-state index >= 15 is 0 Å². The van der Waals surface area contributed by atoms with Crippen molar-refractivity contribution in [2.75, 3.05) is 0 Å². The molecule has 0 fully saturated rings. The van der Waals surface area contributed by atoms with E-state index in [1.807, 2.05) is 45.0 Å². The van der Waals surface area contributed by atoms with Crippen LogP contribution < -0.4 is 5.43 Å². The number of rotatable bonds is 4. The molecule has 1 amide bonds. The molecule has 0 radical (unpaired) electrons. The molecule has 118 valence electrons. The zero-order valence-electron chi connectivity index (χ0n) is 13.3. The Labute approximate surface area is 134 Å². The van der Waals surface area contributed by atoms with Gasteiger partial charge in [-0.05, 0) is 25.0 Å². The highest BCUT2D eigenvalue weighted by molar-refractivity contribution is 6.01. The molecule has 6 heteroatoms. The maximum absolute atomic E-state index is 12.0. The standard InChI is InChI=1S/C17H19N5O/c1-10(2)15-8-16(21-20-15)17(23)22-18-9-13-11(3)19-14-7-5-4-6-12(13)14/h4-10,19H,1-3H3,(H,20,21)(H,22,23)/b18-9-. The average Bonchev–Trinajstić information content (AvgIpc) is 3.12. The first-order chi connectivity index (χ1) is 11.1. The highest BCUT2D eigenvalue weighted by Gasteiger charge is 2.11. The van der Waals surface area contributed by atoms with Crippen LogP contribution in [0.15, 0.2) is 35.4 Å². The smallest absolute Gasteiger partial charge is 0.291 e. The highest BCUT2D eigenvalue weighted by Crippen LogP contribution is 2.19. The van der Waals surface area contributed by atoms with Gasteiger partial charge in [-0.3, -0.25) is 9.89 Å². The summed E-state index contributed by atoms with van der Waals surface area (Å²) < 4.78 is 0. The van der Waals surface area contributed by atoms with Crippen molar-refractivity contribution in [2.45, 2.75) is 26.7 Å². The third kappa shape index (κ3) is 3.01. The maximum atomic E-state index is 12.0. The SMILES string of the molecule is Cc1[nH]c2ccccc2c1/C=N\NC(=O)c1cc(C(C)C)[nH]n1. The Balaban J connectivity index is 1.75. The van der Waals surface area contributed by atoms with Crippen LogP contribution in [0.3, 0.4) is 0 Å². The number of aromatic amines is 2. The van der Waals surface area contributed by atoms with Crippen molar-refractivity contribution in [2.24, 2.45) is 5.10 Å². The van der Waals surface area contributed by atoms with Crippen LogP contribution in [0, 0.1) is 6.92 Å². The van der Waals surface area contributed by atoms with Gasteiger partial charge in [0.25, 0.3) is 5.91 Å². The molecule has 2 aromatic heterocycles. The van der Waals surface area contributed by atoms with Crippen LogP contribution in [0.5, 0.6) is 0 Å². The largest absolute Gasteiger partial charge is 0.358 e. The number of para-hydroxylation sites is 1. The molecule has 0 spiro atoms. The number of carbonyl (C=O) groups is 1. The molecular formula is C17H19N5O. The van der Waals surface area contributed by atoms with Gasteiger partial charge in [-0.2, -0.15) is 10.2 Å². The number of benzene rings is 1. The summed E-state index contributed by atoms with van der Waals surface area (Å²) in [5.74, 6) is -0.0386. The van der Waals surface area contributed by atoms with Crippen molar-refractivity contribution < 1.29 is 4.79 Å². The minimum Gasteiger partial charge on any atom is -0.358 e. The molecule has 0 aliphatic carbocycles. The molecule has 3 rings (SSSR count). The Morgan fingerprint density at radius 3 is 2.87 bits per heavy atom. The van der Waals surface area contributed by atoms with Crippen LogP contribution in [0.2, 0.25) is 0 Å². The van der Waals surface area contributed by atoms with Crippen molar-refractivity contribution in [1.82, 2.24) is 20.6 Å². The van der Waals surface area contributed by atoms with Crippen molar-refractivity contribution in [3.63, 3.8) is 0 Å². The van der Waals surface area contributed by atoms with E-state index in [9.17, 15) is 4.79 Å². The number of fused-ring (bicyclic) bond motifs is 1. The molecule has 0 saturated heterocycles. The maximum Gasteiger partial charge on any atom is 0.291 e. The summed E-state index contributed by atoms with van der Waals surface area (Å²) in [6.45, 7) is 6.05. The van der Waals surface area contributed by atoms with Gasteiger partial charge in [-0.1, -0.05) is 32.0 Å². The molecular weight excluding hydrogens is 290 g/mol. The summed E-state index contributed by atoms with van der Waals surface area (Å²) in [5, 5.41) is 12.0. The second-order valence-corrected chi connectivity index (χ2v) is 5.77. The number of nitrogens with one attached hydrogen (secondary N) is 3. The lowest BCUT2D eigenvalue weighted by Crippen LogP contribution is -2.18. The van der Waals surface area contributed by atoms with E-state index < -0.39 is 0 Å². The third-order valence-corrected chi connectivity index (χ3v) is 3.76. The lowest BCUT2D eigenvalue weighted by Gasteiger charge is -1.97. The molecule has 6 nitrogen and oxygen atoms in total. The number of aromatic nitrogens is 3. The fraction of sp³-hybridized carbons (Fsp3) is 0.235. The normalized spacial score (nSPS) is 11.7. The van der Waals surface area contributed by atoms with Gasteiger partial charge in [0.05, 0.1) is 6.21 Å². The van der Waals surface area contributed by atoms with E-state index in [4.69, 9.17) is 0 Å². The van der Waals surface area contributed by atoms with Gasteiger partial charge < -0.3 is 4.98 Å². The number of hydrogen-bond acceptors (Lipinski definition) is 3. The van der Waals surface area contributed by atoms with Crippen molar-refractivity contribution in [3.8, 4) is 0 Å². The first-order valence-electron chi connectivity index (χ1n) is 7.52. The molecule has 0 saturated carbocycles. The number of aryl methyl sites for hydroxylation is 1. The Morgan fingerprint density at radius 2 is 2.13 bits per heavy atom. The van der Waals surface area contributed by atoms with E-state index in [0.29, 0.717) is 11.6 Å². The van der Waals surface area contributed by atoms with E-state index in [2.05, 4.69) is 25.7 Å². The number of nitrogens with zero attached hydrogens (tertiary/aromatic N) is 2. The topological polar surface area (TPSA) is 85.9 Å². The Morgan fingerprint density at radius 1 is 1.35 bits per heavy atom. The Hall–Kier alpha value is -2.89. The summed E-state index contributed by atoms with van der Waals surface area (Å²) in [4.78, 5) is 15.3. The van der Waals surface area contributed by atoms with Gasteiger partial charge in [0.15, 0.2) is 5.69 Å². The van der Waals surface area contributed by atoms with Crippen LogP contribution in [-0.4, -0.2) is 27.3 Å². The minimum absolute atomic E-state index is 0.293. The fourth-order valence-electron chi connectivity index (χ4n) is 2.43. The predicted octanol–water partition coefficient (Wildman–Crippen LogP) is 3.09. The summed E-state index contributed by atoms with van der Waals surface area (Å²) >= 11 is 0. The van der Waals surface area contributed by atoms with Crippen LogP contribution in [-0.2, 0) is 0 Å². The van der Waals surface area contributed by atoms with Gasteiger partial charge in [0.1, 0.15) is 0 Å². The zero-order chi connectivity index (χ0) is 16.4. The summed E-state index contributed by atoms with van der Waals surface area (Å²) in [7, 11) is 0. The second kappa shape index (κ2) is 6.08. The van der Waals surface area contributed by atoms with Crippen LogP contribution in [0.25, 0.3) is 10.9 Å². The Kier molecular flexibility index (Phi) is 3.97. The summed E-state index contributed by atoms with van der Waals surface area (Å²) in [6, 6.07) is 9.72. The average molecular weight is 309 g/mol. The third-order valence-electron chi connectivity index (χ3n) is 3.76. The quantitative estimate of drug-likeness (QED) is 0.511. The fourth-order valence-corrected chi connectivity index (χ4v) is 2.43. The van der Waals surface area contributed by atoms with E-state index in [0.717, 1.165) is 27.9 Å². The molecule has 2 heterocycles. The Bertz CT molecular complexity index is 872. The molecule has 0 bridgehead atoms. The lowest BCUT2D eigenvalue weighted by atomic mass is 10.1. The van der Waals surface area contributed by atoms with Gasteiger partial charge in [0.2, 0.25) is 0 Å². The monoisotopic (exact) mass is 309 g/mol. The minimum atomic E-state index is -0.332. The molecule has 3 aromatic rings. The van der Waals surface area contributed by atoms with Crippen molar-refractivity contribution in [3.05, 3.63) is 53.0 Å². The van der Waals surface area contributed by atoms with E-state index in [-0.39, 0.29) is 5.91 Å². The van der Waals surface area contributed by atoms with Crippen LogP contribution in [0.4, 0.5) is 0 Å². The van der Waals surface area contributed by atoms with Gasteiger partial charge in [-0.25, -0.2) is 5.43 Å². The van der Waals surface area contributed by atoms with Crippen molar-refractivity contribution >= 4 is 23.0 Å². The van der Waals surface area contributed by atoms with Gasteiger partial charge in [-0.15, -0.1) is 0 Å². The van der Waals surface area contributed by atoms with E-state index in [1.165, 1.54) is 0 Å². The van der Waals surface area contributed by atoms with Crippen LogP contribution >= 0.6 is 0 Å². The predicted molar refractivity (Wildman–Crippen MR) is 90.8 cm³/mol. The van der Waals surface area contributed by atoms with Gasteiger partial charge in [0, 0.05) is 27.9 Å². The highest BCUT2D eigenvalue weighted by atomic mass is 16.2. The van der Waals surface area contributed by atoms with Gasteiger partial charge >= 0.3 is 0 Å². The molecule has 23 heavy (non-hydrogen) atoms. The molecule has 0 aliphatic rings. The number of amides is 1. The number of H-pyrrole nitrogens is 2. The molecule has 1 aromatic carbocycles. The van der Waals surface area contributed by atoms with Crippen molar-refractivity contribution in [1.29, 1.82) is 0 Å². The first kappa shape index (κ1) is 15.0. The summed E-state index contributed by atoms with van der Waals surface area (Å²) in [5.41, 5.74) is 6.79. The molecule has 0 unspecified atom stereocenters. The number of carbonyl (C=O) groups excluding carboxylic acids is 1. The second-order valence-electron chi connectivity index (χ2n) is 5.77. The lowest BCUT2D eigenvalue weighted by molar-refractivity contribution is 0.0950. The molecule has 3 N–H and O–H groups in total. The van der Waals surface area contributed by atoms with Crippen LogP contribution in [0.1, 0.15) is 47.2 Å². The molecule has 0 aliphatic heterocycles. The van der Waals surface area contributed by atoms with E-state index in [1.54, 1.807) is 12.3 Å². The number of hydrogen-bond donors (Lipinski definition) is 3.